The SMILES string of the molecule is O=C(O)C[C@@H]1CC=CCCC(=O)N[C@@H]2c3ccccc3C[C@@H]2OC1=O. The van der Waals surface area contributed by atoms with E-state index in [2.05, 4.69) is 5.32 Å². The molecule has 1 aromatic carbocycles. The average molecular weight is 343 g/mol. The van der Waals surface area contributed by atoms with Gasteiger partial charge in [0.2, 0.25) is 5.91 Å². The van der Waals surface area contributed by atoms with Gasteiger partial charge in [0.1, 0.15) is 6.10 Å². The van der Waals surface area contributed by atoms with Crippen LogP contribution in [0.2, 0.25) is 0 Å². The Labute approximate surface area is 145 Å². The lowest BCUT2D eigenvalue weighted by Gasteiger charge is -2.24. The Morgan fingerprint density at radius 1 is 1.24 bits per heavy atom. The molecule has 1 aliphatic heterocycles. The smallest absolute Gasteiger partial charge is 0.310 e. The van der Waals surface area contributed by atoms with Crippen molar-refractivity contribution in [1.29, 1.82) is 0 Å². The van der Waals surface area contributed by atoms with E-state index in [1.54, 1.807) is 6.08 Å². The van der Waals surface area contributed by atoms with Crippen LogP contribution in [0.5, 0.6) is 0 Å². The van der Waals surface area contributed by atoms with E-state index in [0.29, 0.717) is 25.7 Å². The standard InChI is InChI=1S/C19H21NO5/c21-16-9-3-1-2-7-13(11-17(22)23)19(24)25-15-10-12-6-4-5-8-14(12)18(15)20-16/h1-2,4-6,8,13,15,18H,3,7,9-11H2,(H,20,21)(H,22,23)/t13-,15-,18+/m0/s1. The molecule has 6 heteroatoms. The molecule has 0 saturated carbocycles. The summed E-state index contributed by atoms with van der Waals surface area (Å²) in [7, 11) is 0. The van der Waals surface area contributed by atoms with Crippen LogP contribution in [0.3, 0.4) is 0 Å². The number of benzene rings is 1. The molecular formula is C19H21NO5. The normalized spacial score (nSPS) is 26.5. The van der Waals surface area contributed by atoms with Crippen molar-refractivity contribution in [1.82, 2.24) is 5.32 Å². The number of rotatable bonds is 2. The van der Waals surface area contributed by atoms with Crippen LogP contribution in [-0.2, 0) is 25.5 Å². The van der Waals surface area contributed by atoms with E-state index in [1.807, 2.05) is 30.3 Å². The van der Waals surface area contributed by atoms with Crippen molar-refractivity contribution in [2.45, 2.75) is 44.2 Å². The predicted molar refractivity (Wildman–Crippen MR) is 89.6 cm³/mol. The molecule has 0 radical (unpaired) electrons. The third-order valence-corrected chi connectivity index (χ3v) is 4.65. The van der Waals surface area contributed by atoms with Gasteiger partial charge in [0.25, 0.3) is 0 Å². The summed E-state index contributed by atoms with van der Waals surface area (Å²) in [5.74, 6) is -2.35. The first-order valence-electron chi connectivity index (χ1n) is 8.49. The summed E-state index contributed by atoms with van der Waals surface area (Å²) in [6.45, 7) is 0. The molecule has 6 nitrogen and oxygen atoms in total. The maximum Gasteiger partial charge on any atom is 0.310 e. The second-order valence-corrected chi connectivity index (χ2v) is 6.46. The van der Waals surface area contributed by atoms with Crippen molar-refractivity contribution < 1.29 is 24.2 Å². The van der Waals surface area contributed by atoms with E-state index < -0.39 is 24.0 Å². The summed E-state index contributed by atoms with van der Waals surface area (Å²) in [6.07, 6.45) is 4.51. The van der Waals surface area contributed by atoms with Gasteiger partial charge >= 0.3 is 11.9 Å². The van der Waals surface area contributed by atoms with E-state index in [1.165, 1.54) is 0 Å². The lowest BCUT2D eigenvalue weighted by molar-refractivity contribution is -0.159. The number of fused-ring (bicyclic) bond motifs is 3. The minimum Gasteiger partial charge on any atom is -0.481 e. The molecule has 0 unspecified atom stereocenters. The van der Waals surface area contributed by atoms with Gasteiger partial charge in [0.05, 0.1) is 18.4 Å². The molecule has 1 aromatic rings. The molecule has 3 atom stereocenters. The van der Waals surface area contributed by atoms with Crippen molar-refractivity contribution in [2.75, 3.05) is 0 Å². The largest absolute Gasteiger partial charge is 0.481 e. The maximum absolute atomic E-state index is 12.5. The third kappa shape index (κ3) is 4.07. The highest BCUT2D eigenvalue weighted by Gasteiger charge is 2.37. The van der Waals surface area contributed by atoms with Crippen LogP contribution in [0, 0.1) is 5.92 Å². The molecule has 2 aliphatic rings. The molecule has 0 fully saturated rings. The Hall–Kier alpha value is -2.63. The molecule has 3 rings (SSSR count). The molecule has 1 amide bonds. The number of ether oxygens (including phenoxy) is 1. The predicted octanol–water partition coefficient (Wildman–Crippen LogP) is 2.14. The van der Waals surface area contributed by atoms with Crippen molar-refractivity contribution >= 4 is 17.8 Å². The number of carboxylic acids is 1. The Morgan fingerprint density at radius 3 is 2.84 bits per heavy atom. The molecule has 0 bridgehead atoms. The molecule has 1 aliphatic carbocycles. The second kappa shape index (κ2) is 7.51. The Kier molecular flexibility index (Phi) is 5.16. The summed E-state index contributed by atoms with van der Waals surface area (Å²) in [5.41, 5.74) is 1.99. The average Bonchev–Trinajstić information content (AvgIpc) is 2.89. The summed E-state index contributed by atoms with van der Waals surface area (Å²) in [5, 5.41) is 12.0. The zero-order chi connectivity index (χ0) is 17.8. The second-order valence-electron chi connectivity index (χ2n) is 6.46. The van der Waals surface area contributed by atoms with Crippen molar-refractivity contribution in [3.05, 3.63) is 47.5 Å². The fraction of sp³-hybridized carbons (Fsp3) is 0.421. The van der Waals surface area contributed by atoms with E-state index in [9.17, 15) is 14.4 Å². The van der Waals surface area contributed by atoms with Gasteiger partial charge in [-0.1, -0.05) is 36.4 Å². The van der Waals surface area contributed by atoms with Crippen LogP contribution in [0.25, 0.3) is 0 Å². The number of nitrogens with one attached hydrogen (secondary N) is 1. The number of hydrogen-bond acceptors (Lipinski definition) is 4. The van der Waals surface area contributed by atoms with Gasteiger partial charge in [0.15, 0.2) is 0 Å². The minimum atomic E-state index is -1.03. The number of carboxylic acid groups (broad SMARTS) is 1. The maximum atomic E-state index is 12.5. The summed E-state index contributed by atoms with van der Waals surface area (Å²) >= 11 is 0. The topological polar surface area (TPSA) is 92.7 Å². The van der Waals surface area contributed by atoms with Crippen LogP contribution < -0.4 is 5.32 Å². The van der Waals surface area contributed by atoms with Crippen LogP contribution in [-0.4, -0.2) is 29.1 Å². The van der Waals surface area contributed by atoms with Gasteiger partial charge in [-0.2, -0.15) is 0 Å². The molecule has 2 N–H and O–H groups in total. The van der Waals surface area contributed by atoms with Crippen LogP contribution in [0.15, 0.2) is 36.4 Å². The molecule has 25 heavy (non-hydrogen) atoms. The number of amides is 1. The zero-order valence-electron chi connectivity index (χ0n) is 13.8. The fourth-order valence-electron chi connectivity index (χ4n) is 3.40. The molecule has 0 saturated heterocycles. The highest BCUT2D eigenvalue weighted by Crippen LogP contribution is 2.34. The number of hydrogen-bond donors (Lipinski definition) is 2. The fourth-order valence-corrected chi connectivity index (χ4v) is 3.40. The highest BCUT2D eigenvalue weighted by molar-refractivity contribution is 5.80. The summed E-state index contributed by atoms with van der Waals surface area (Å²) < 4.78 is 5.64. The molecule has 0 aromatic heterocycles. The Morgan fingerprint density at radius 2 is 2.04 bits per heavy atom. The van der Waals surface area contributed by atoms with Gasteiger partial charge in [-0.25, -0.2) is 0 Å². The molecule has 0 spiro atoms. The Balaban J connectivity index is 1.86. The first-order valence-corrected chi connectivity index (χ1v) is 8.49. The van der Waals surface area contributed by atoms with Crippen LogP contribution >= 0.6 is 0 Å². The number of aliphatic carboxylic acids is 1. The number of esters is 1. The van der Waals surface area contributed by atoms with Gasteiger partial charge in [0, 0.05) is 12.8 Å². The zero-order valence-corrected chi connectivity index (χ0v) is 13.8. The van der Waals surface area contributed by atoms with Crippen LogP contribution in [0.1, 0.15) is 42.9 Å². The number of carbonyl (C=O) groups is 3. The van der Waals surface area contributed by atoms with E-state index in [0.717, 1.165) is 11.1 Å². The first kappa shape index (κ1) is 17.2. The third-order valence-electron chi connectivity index (χ3n) is 4.65. The van der Waals surface area contributed by atoms with Gasteiger partial charge < -0.3 is 15.2 Å². The van der Waals surface area contributed by atoms with Crippen molar-refractivity contribution in [3.8, 4) is 0 Å². The lowest BCUT2D eigenvalue weighted by atomic mass is 10.0. The van der Waals surface area contributed by atoms with Crippen molar-refractivity contribution in [3.63, 3.8) is 0 Å². The number of allylic oxidation sites excluding steroid dienone is 2. The van der Waals surface area contributed by atoms with Gasteiger partial charge in [-0.05, 0) is 24.0 Å². The number of carbonyl (C=O) groups excluding carboxylic acids is 2. The van der Waals surface area contributed by atoms with Crippen molar-refractivity contribution in [2.24, 2.45) is 5.92 Å². The monoisotopic (exact) mass is 343 g/mol. The molecule has 1 heterocycles. The molecule has 132 valence electrons. The quantitative estimate of drug-likeness (QED) is 0.634. The van der Waals surface area contributed by atoms with E-state index >= 15 is 0 Å². The van der Waals surface area contributed by atoms with Gasteiger partial charge in [-0.3, -0.25) is 14.4 Å². The van der Waals surface area contributed by atoms with Crippen LogP contribution in [0.4, 0.5) is 0 Å². The van der Waals surface area contributed by atoms with Gasteiger partial charge in [-0.15, -0.1) is 0 Å². The minimum absolute atomic E-state index is 0.0879. The molecular weight excluding hydrogens is 322 g/mol. The summed E-state index contributed by atoms with van der Waals surface area (Å²) in [4.78, 5) is 35.7. The van der Waals surface area contributed by atoms with E-state index in [4.69, 9.17) is 9.84 Å². The highest BCUT2D eigenvalue weighted by atomic mass is 16.5. The Bertz CT molecular complexity index is 712. The van der Waals surface area contributed by atoms with E-state index in [-0.39, 0.29) is 18.4 Å². The summed E-state index contributed by atoms with van der Waals surface area (Å²) in [6, 6.07) is 7.29. The lowest BCUT2D eigenvalue weighted by Crippen LogP contribution is -2.37. The first-order chi connectivity index (χ1) is 12.0.